The molecule has 2 heterocycles. The van der Waals surface area contributed by atoms with Crippen LogP contribution in [0.15, 0.2) is 4.99 Å². The lowest BCUT2D eigenvalue weighted by Crippen LogP contribution is -2.41. The first-order valence-electron chi connectivity index (χ1n) is 9.15. The normalized spacial score (nSPS) is 41.3. The summed E-state index contributed by atoms with van der Waals surface area (Å²) in [4.78, 5) is 18.7. The summed E-state index contributed by atoms with van der Waals surface area (Å²) in [5.41, 5.74) is 0. The molecule has 4 aliphatic rings. The summed E-state index contributed by atoms with van der Waals surface area (Å²) in [6.45, 7) is 6.70. The van der Waals surface area contributed by atoms with Crippen molar-refractivity contribution in [2.24, 2.45) is 16.8 Å². The van der Waals surface area contributed by atoms with E-state index >= 15 is 0 Å². The highest BCUT2D eigenvalue weighted by Gasteiger charge is 2.45. The molecule has 0 spiro atoms. The molecule has 2 saturated heterocycles. The molecule has 4 unspecified atom stereocenters. The molecule has 7 heteroatoms. The summed E-state index contributed by atoms with van der Waals surface area (Å²) < 4.78 is 11.3. The van der Waals surface area contributed by atoms with E-state index in [0.717, 1.165) is 49.9 Å². The Morgan fingerprint density at radius 2 is 2.21 bits per heavy atom. The van der Waals surface area contributed by atoms with E-state index in [1.807, 2.05) is 6.92 Å². The second kappa shape index (κ2) is 6.94. The highest BCUT2D eigenvalue weighted by molar-refractivity contribution is 8.16. The van der Waals surface area contributed by atoms with Crippen molar-refractivity contribution in [3.05, 3.63) is 0 Å². The molecule has 2 aliphatic heterocycles. The number of morpholine rings is 1. The second-order valence-electron chi connectivity index (χ2n) is 7.48. The van der Waals surface area contributed by atoms with E-state index in [1.54, 1.807) is 0 Å². The highest BCUT2D eigenvalue weighted by atomic mass is 32.2. The lowest BCUT2D eigenvalue weighted by atomic mass is 9.96. The van der Waals surface area contributed by atoms with Gasteiger partial charge in [0.25, 0.3) is 5.91 Å². The molecule has 0 aromatic carbocycles. The molecule has 6 nitrogen and oxygen atoms in total. The van der Waals surface area contributed by atoms with Crippen LogP contribution in [-0.4, -0.2) is 66.4 Å². The number of hydrogen-bond acceptors (Lipinski definition) is 6. The molecule has 1 N–H and O–H groups in total. The lowest BCUT2D eigenvalue weighted by molar-refractivity contribution is -0.133. The van der Waals surface area contributed by atoms with Crippen LogP contribution in [0.3, 0.4) is 0 Å². The zero-order valence-electron chi connectivity index (χ0n) is 14.3. The Labute approximate surface area is 147 Å². The molecule has 0 radical (unpaired) electrons. The Bertz CT molecular complexity index is 523. The number of amides is 1. The Morgan fingerprint density at radius 1 is 1.38 bits per heavy atom. The van der Waals surface area contributed by atoms with Gasteiger partial charge in [-0.3, -0.25) is 14.7 Å². The first-order valence-corrected chi connectivity index (χ1v) is 9.96. The van der Waals surface area contributed by atoms with Gasteiger partial charge in [0, 0.05) is 19.6 Å². The van der Waals surface area contributed by atoms with Crippen LogP contribution >= 0.6 is 11.8 Å². The summed E-state index contributed by atoms with van der Waals surface area (Å²) in [6, 6.07) is 0.405. The maximum Gasteiger partial charge on any atom is 0.268 e. The summed E-state index contributed by atoms with van der Waals surface area (Å²) >= 11 is 1.45. The molecule has 2 saturated carbocycles. The number of hydrogen-bond donors (Lipinski definition) is 1. The van der Waals surface area contributed by atoms with Crippen LogP contribution < -0.4 is 5.32 Å². The molecule has 4 rings (SSSR count). The number of ether oxygens (including phenoxy) is 2. The van der Waals surface area contributed by atoms with E-state index < -0.39 is 4.93 Å². The quantitative estimate of drug-likeness (QED) is 0.811. The van der Waals surface area contributed by atoms with Gasteiger partial charge in [0.2, 0.25) is 0 Å². The van der Waals surface area contributed by atoms with Crippen LogP contribution in [-0.2, 0) is 14.3 Å². The number of nitrogens with one attached hydrogen (secondary N) is 1. The first-order chi connectivity index (χ1) is 11.6. The summed E-state index contributed by atoms with van der Waals surface area (Å²) in [6.07, 6.45) is 5.19. The fourth-order valence-electron chi connectivity index (χ4n) is 4.33. The van der Waals surface area contributed by atoms with Gasteiger partial charge in [-0.25, -0.2) is 0 Å². The topological polar surface area (TPSA) is 63.2 Å². The molecule has 2 aliphatic carbocycles. The molecule has 2 bridgehead atoms. The Morgan fingerprint density at radius 3 is 2.92 bits per heavy atom. The van der Waals surface area contributed by atoms with Crippen molar-refractivity contribution < 1.29 is 14.3 Å². The molecule has 0 aromatic rings. The van der Waals surface area contributed by atoms with Crippen molar-refractivity contribution >= 4 is 22.8 Å². The molecule has 4 atom stereocenters. The number of aliphatic imine (C=N–C) groups is 1. The van der Waals surface area contributed by atoms with Crippen LogP contribution in [0, 0.1) is 11.8 Å². The fraction of sp³-hybridized carbons (Fsp3) is 0.882. The van der Waals surface area contributed by atoms with Gasteiger partial charge in [0.15, 0.2) is 10.1 Å². The van der Waals surface area contributed by atoms with Crippen molar-refractivity contribution in [1.29, 1.82) is 0 Å². The zero-order chi connectivity index (χ0) is 16.6. The minimum absolute atomic E-state index is 0.0728. The molecule has 134 valence electrons. The van der Waals surface area contributed by atoms with Crippen molar-refractivity contribution in [1.82, 2.24) is 10.2 Å². The van der Waals surface area contributed by atoms with Gasteiger partial charge in [0.05, 0.1) is 25.9 Å². The third kappa shape index (κ3) is 3.49. The molecule has 24 heavy (non-hydrogen) atoms. The standard InChI is InChI=1S/C17H27N3O3S/c1-17(23-9-6-20-4-7-22-8-5-20)15(21)19-16(24-17)18-14-11-12-2-3-13(14)10-12/h12-14H,2-11H2,1H3,(H,18,19,21). The number of thioether (sulfide) groups is 1. The average molecular weight is 353 g/mol. The van der Waals surface area contributed by atoms with E-state index in [-0.39, 0.29) is 5.91 Å². The minimum Gasteiger partial charge on any atom is -0.379 e. The van der Waals surface area contributed by atoms with Gasteiger partial charge in [-0.1, -0.05) is 6.42 Å². The van der Waals surface area contributed by atoms with Crippen molar-refractivity contribution in [3.63, 3.8) is 0 Å². The number of carbonyl (C=O) groups is 1. The highest BCUT2D eigenvalue weighted by Crippen LogP contribution is 2.46. The van der Waals surface area contributed by atoms with E-state index in [0.29, 0.717) is 12.6 Å². The second-order valence-corrected chi connectivity index (χ2v) is 8.85. The lowest BCUT2D eigenvalue weighted by Gasteiger charge is -2.28. The summed E-state index contributed by atoms with van der Waals surface area (Å²) in [5, 5.41) is 3.69. The molecular weight excluding hydrogens is 326 g/mol. The van der Waals surface area contributed by atoms with Gasteiger partial charge in [-0.2, -0.15) is 0 Å². The Kier molecular flexibility index (Phi) is 4.86. The average Bonchev–Trinajstić information content (AvgIpc) is 3.24. The van der Waals surface area contributed by atoms with Crippen LogP contribution in [0.5, 0.6) is 0 Å². The third-order valence-electron chi connectivity index (χ3n) is 5.80. The number of amidine groups is 1. The number of carbonyl (C=O) groups excluding carboxylic acids is 1. The molecule has 1 amide bonds. The maximum absolute atomic E-state index is 12.4. The minimum atomic E-state index is -0.845. The fourth-order valence-corrected chi connectivity index (χ4v) is 5.32. The smallest absolute Gasteiger partial charge is 0.268 e. The number of fused-ring (bicyclic) bond motifs is 2. The molecular formula is C17H27N3O3S. The van der Waals surface area contributed by atoms with E-state index in [2.05, 4.69) is 10.2 Å². The van der Waals surface area contributed by atoms with E-state index in [1.165, 1.54) is 37.4 Å². The van der Waals surface area contributed by atoms with Crippen LogP contribution in [0.25, 0.3) is 0 Å². The van der Waals surface area contributed by atoms with Crippen LogP contribution in [0.2, 0.25) is 0 Å². The van der Waals surface area contributed by atoms with Crippen molar-refractivity contribution in [2.45, 2.75) is 43.6 Å². The maximum atomic E-state index is 12.4. The summed E-state index contributed by atoms with van der Waals surface area (Å²) in [7, 11) is 0. The van der Waals surface area contributed by atoms with Crippen LogP contribution in [0.1, 0.15) is 32.6 Å². The van der Waals surface area contributed by atoms with E-state index in [9.17, 15) is 4.79 Å². The SMILES string of the molecule is CC1(OCCN2CCOCC2)SC(=NC2CC3CCC2C3)NC1=O. The van der Waals surface area contributed by atoms with Crippen molar-refractivity contribution in [2.75, 3.05) is 39.5 Å². The first kappa shape index (κ1) is 16.8. The summed E-state index contributed by atoms with van der Waals surface area (Å²) in [5.74, 6) is 1.52. The predicted octanol–water partition coefficient (Wildman–Crippen LogP) is 1.46. The zero-order valence-corrected chi connectivity index (χ0v) is 15.1. The van der Waals surface area contributed by atoms with Gasteiger partial charge in [-0.05, 0) is 49.8 Å². The Balaban J connectivity index is 1.29. The number of nitrogens with zero attached hydrogens (tertiary/aromatic N) is 2. The van der Waals surface area contributed by atoms with Crippen LogP contribution in [0.4, 0.5) is 0 Å². The largest absolute Gasteiger partial charge is 0.379 e. The Hall–Kier alpha value is -0.630. The van der Waals surface area contributed by atoms with Gasteiger partial charge in [0.1, 0.15) is 0 Å². The number of rotatable bonds is 5. The molecule has 0 aromatic heterocycles. The monoisotopic (exact) mass is 353 g/mol. The van der Waals surface area contributed by atoms with Gasteiger partial charge in [-0.15, -0.1) is 0 Å². The van der Waals surface area contributed by atoms with Crippen molar-refractivity contribution in [3.8, 4) is 0 Å². The van der Waals surface area contributed by atoms with Gasteiger partial charge >= 0.3 is 0 Å². The predicted molar refractivity (Wildman–Crippen MR) is 94.0 cm³/mol. The van der Waals surface area contributed by atoms with Gasteiger partial charge < -0.3 is 14.8 Å². The van der Waals surface area contributed by atoms with E-state index in [4.69, 9.17) is 14.5 Å². The third-order valence-corrected chi connectivity index (χ3v) is 6.89. The molecule has 4 fully saturated rings.